The quantitative estimate of drug-likeness (QED) is 0.500. The maximum Gasteiger partial charge on any atom is 0.430 e. The Hall–Kier alpha value is -3.12. The van der Waals surface area contributed by atoms with Gasteiger partial charge < -0.3 is 15.2 Å². The molecule has 0 saturated heterocycles. The standard InChI is InChI=1S/C18H11BrF3N3O4S/c19-9-6-7-11(12(20)8-9)18(21,22)29-15-13(14(23)26)16(30-25-15)24-17(27)28-10-4-2-1-3-5-10/h1-8H,(H2,23,26)(H,24,27). The third kappa shape index (κ3) is 4.89. The minimum atomic E-state index is -4.18. The number of carbonyl (C=O) groups excluding carboxylic acids is 2. The Labute approximate surface area is 179 Å². The van der Waals surface area contributed by atoms with Crippen molar-refractivity contribution in [3.8, 4) is 11.6 Å². The number of halogens is 4. The Bertz CT molecular complexity index is 1100. The monoisotopic (exact) mass is 501 g/mol. The number of benzene rings is 2. The van der Waals surface area contributed by atoms with Gasteiger partial charge in [-0.25, -0.2) is 9.18 Å². The van der Waals surface area contributed by atoms with E-state index in [9.17, 15) is 22.8 Å². The van der Waals surface area contributed by atoms with Crippen LogP contribution >= 0.6 is 27.5 Å². The van der Waals surface area contributed by atoms with E-state index in [0.29, 0.717) is 11.5 Å². The second kappa shape index (κ2) is 8.71. The maximum atomic E-state index is 14.5. The van der Waals surface area contributed by atoms with E-state index >= 15 is 0 Å². The summed E-state index contributed by atoms with van der Waals surface area (Å²) < 4.78 is 56.2. The molecule has 2 amide bonds. The fourth-order valence-electron chi connectivity index (χ4n) is 2.26. The number of carbonyl (C=O) groups is 2. The lowest BCUT2D eigenvalue weighted by Crippen LogP contribution is -2.26. The van der Waals surface area contributed by atoms with Crippen LogP contribution in [0.15, 0.2) is 53.0 Å². The van der Waals surface area contributed by atoms with Gasteiger partial charge >= 0.3 is 12.2 Å². The van der Waals surface area contributed by atoms with Crippen molar-refractivity contribution in [2.45, 2.75) is 6.11 Å². The first-order valence-electron chi connectivity index (χ1n) is 8.03. The molecule has 1 aromatic heterocycles. The Kier molecular flexibility index (Phi) is 6.27. The predicted molar refractivity (Wildman–Crippen MR) is 105 cm³/mol. The van der Waals surface area contributed by atoms with Gasteiger partial charge in [-0.15, -0.1) is 0 Å². The van der Waals surface area contributed by atoms with Crippen molar-refractivity contribution in [3.63, 3.8) is 0 Å². The number of alkyl halides is 2. The molecule has 0 aliphatic carbocycles. The highest BCUT2D eigenvalue weighted by molar-refractivity contribution is 9.10. The number of amides is 2. The molecular weight excluding hydrogens is 491 g/mol. The second-order valence-corrected chi connectivity index (χ2v) is 7.32. The average Bonchev–Trinajstić information content (AvgIpc) is 3.03. The molecule has 3 N–H and O–H groups in total. The second-order valence-electron chi connectivity index (χ2n) is 5.63. The molecule has 0 atom stereocenters. The van der Waals surface area contributed by atoms with Gasteiger partial charge in [-0.1, -0.05) is 34.1 Å². The van der Waals surface area contributed by atoms with Crippen molar-refractivity contribution in [2.24, 2.45) is 5.73 Å². The predicted octanol–water partition coefficient (Wildman–Crippen LogP) is 4.88. The zero-order valence-corrected chi connectivity index (χ0v) is 17.1. The van der Waals surface area contributed by atoms with Crippen LogP contribution in [-0.4, -0.2) is 16.4 Å². The molecule has 0 fully saturated rings. The topological polar surface area (TPSA) is 104 Å². The minimum Gasteiger partial charge on any atom is -0.410 e. The molecular formula is C18H11BrF3N3O4S. The molecule has 0 spiro atoms. The molecule has 156 valence electrons. The summed E-state index contributed by atoms with van der Waals surface area (Å²) in [6.45, 7) is 0. The van der Waals surface area contributed by atoms with Crippen LogP contribution in [0.5, 0.6) is 11.6 Å². The van der Waals surface area contributed by atoms with Crippen LogP contribution in [0, 0.1) is 5.82 Å². The Morgan fingerprint density at radius 2 is 1.87 bits per heavy atom. The highest BCUT2D eigenvalue weighted by atomic mass is 79.9. The van der Waals surface area contributed by atoms with E-state index in [-0.39, 0.29) is 15.2 Å². The molecule has 1 heterocycles. The molecule has 3 aromatic rings. The Morgan fingerprint density at radius 1 is 1.17 bits per heavy atom. The summed E-state index contributed by atoms with van der Waals surface area (Å²) in [5.74, 6) is -3.10. The Morgan fingerprint density at radius 3 is 2.50 bits per heavy atom. The fraction of sp³-hybridized carbons (Fsp3) is 0.0556. The summed E-state index contributed by atoms with van der Waals surface area (Å²) in [4.78, 5) is 23.8. The molecule has 2 aromatic carbocycles. The number of primary amides is 1. The number of hydrogen-bond acceptors (Lipinski definition) is 6. The van der Waals surface area contributed by atoms with E-state index in [0.717, 1.165) is 12.1 Å². The number of ether oxygens (including phenoxy) is 2. The number of nitrogens with zero attached hydrogens (tertiary/aromatic N) is 1. The third-order valence-electron chi connectivity index (χ3n) is 3.55. The average molecular weight is 502 g/mol. The molecule has 3 rings (SSSR count). The normalized spacial score (nSPS) is 11.1. The molecule has 7 nitrogen and oxygen atoms in total. The van der Waals surface area contributed by atoms with E-state index < -0.39 is 40.9 Å². The zero-order valence-electron chi connectivity index (χ0n) is 14.7. The smallest absolute Gasteiger partial charge is 0.410 e. The van der Waals surface area contributed by atoms with Crippen molar-refractivity contribution in [1.29, 1.82) is 0 Å². The van der Waals surface area contributed by atoms with Crippen molar-refractivity contribution in [2.75, 3.05) is 5.32 Å². The van der Waals surface area contributed by atoms with E-state index in [4.69, 9.17) is 10.5 Å². The molecule has 0 aliphatic rings. The van der Waals surface area contributed by atoms with Crippen LogP contribution in [0.3, 0.4) is 0 Å². The van der Waals surface area contributed by atoms with Crippen molar-refractivity contribution >= 4 is 44.5 Å². The molecule has 0 radical (unpaired) electrons. The number of anilines is 1. The molecule has 0 unspecified atom stereocenters. The molecule has 12 heteroatoms. The summed E-state index contributed by atoms with van der Waals surface area (Å²) in [7, 11) is 0. The van der Waals surface area contributed by atoms with Crippen LogP contribution in [0.2, 0.25) is 0 Å². The van der Waals surface area contributed by atoms with Gasteiger partial charge in [0, 0.05) is 4.47 Å². The highest BCUT2D eigenvalue weighted by Gasteiger charge is 2.40. The summed E-state index contributed by atoms with van der Waals surface area (Å²) in [5, 5.41) is 1.92. The van der Waals surface area contributed by atoms with Gasteiger partial charge in [0.2, 0.25) is 5.88 Å². The minimum absolute atomic E-state index is 0.203. The van der Waals surface area contributed by atoms with Gasteiger partial charge in [0.05, 0.1) is 0 Å². The van der Waals surface area contributed by atoms with Crippen LogP contribution in [0.4, 0.5) is 23.0 Å². The highest BCUT2D eigenvalue weighted by Crippen LogP contribution is 2.38. The van der Waals surface area contributed by atoms with Crippen LogP contribution in [0.25, 0.3) is 0 Å². The van der Waals surface area contributed by atoms with E-state index in [1.807, 2.05) is 0 Å². The summed E-state index contributed by atoms with van der Waals surface area (Å²) >= 11 is 3.42. The number of hydrogen-bond donors (Lipinski definition) is 2. The summed E-state index contributed by atoms with van der Waals surface area (Å²) in [6, 6.07) is 10.8. The van der Waals surface area contributed by atoms with Crippen LogP contribution in [-0.2, 0) is 6.11 Å². The van der Waals surface area contributed by atoms with E-state index in [2.05, 4.69) is 30.4 Å². The number of nitrogens with one attached hydrogen (secondary N) is 1. The first kappa shape index (κ1) is 21.6. The lowest BCUT2D eigenvalue weighted by atomic mass is 10.2. The van der Waals surface area contributed by atoms with Crippen LogP contribution in [0.1, 0.15) is 15.9 Å². The van der Waals surface area contributed by atoms with Crippen molar-refractivity contribution in [3.05, 3.63) is 69.9 Å². The molecule has 30 heavy (non-hydrogen) atoms. The van der Waals surface area contributed by atoms with Gasteiger partial charge in [0.25, 0.3) is 5.91 Å². The first-order valence-corrected chi connectivity index (χ1v) is 9.59. The van der Waals surface area contributed by atoms with Crippen molar-refractivity contribution < 1.29 is 32.2 Å². The van der Waals surface area contributed by atoms with Gasteiger partial charge in [0.1, 0.15) is 27.7 Å². The van der Waals surface area contributed by atoms with E-state index in [1.54, 1.807) is 18.2 Å². The summed E-state index contributed by atoms with van der Waals surface area (Å²) in [6.07, 6.45) is -5.19. The van der Waals surface area contributed by atoms with Gasteiger partial charge in [-0.05, 0) is 41.9 Å². The number of nitrogens with two attached hydrogens (primary N) is 1. The number of para-hydroxylation sites is 1. The zero-order chi connectivity index (χ0) is 21.9. The fourth-order valence-corrected chi connectivity index (χ4v) is 3.31. The Balaban J connectivity index is 1.83. The van der Waals surface area contributed by atoms with Crippen molar-refractivity contribution in [1.82, 2.24) is 4.37 Å². The molecule has 0 aliphatic heterocycles. The van der Waals surface area contributed by atoms with Crippen LogP contribution < -0.4 is 20.5 Å². The molecule has 0 bridgehead atoms. The molecule has 0 saturated carbocycles. The van der Waals surface area contributed by atoms with Gasteiger partial charge in [-0.3, -0.25) is 10.1 Å². The SMILES string of the molecule is NC(=O)c1c(OC(F)(F)c2ccc(Br)cc2F)nsc1NC(=O)Oc1ccccc1. The summed E-state index contributed by atoms with van der Waals surface area (Å²) in [5.41, 5.74) is 3.54. The lowest BCUT2D eigenvalue weighted by molar-refractivity contribution is -0.189. The number of rotatable bonds is 6. The van der Waals surface area contributed by atoms with E-state index in [1.165, 1.54) is 18.2 Å². The third-order valence-corrected chi connectivity index (χ3v) is 4.79. The van der Waals surface area contributed by atoms with Gasteiger partial charge in [0.15, 0.2) is 0 Å². The largest absolute Gasteiger partial charge is 0.430 e. The number of aromatic nitrogens is 1. The maximum absolute atomic E-state index is 14.5. The lowest BCUT2D eigenvalue weighted by Gasteiger charge is -2.18. The first-order chi connectivity index (χ1) is 14.2. The van der Waals surface area contributed by atoms with Gasteiger partial charge in [-0.2, -0.15) is 13.2 Å².